The summed E-state index contributed by atoms with van der Waals surface area (Å²) in [5.74, 6) is 1.74. The molecule has 1 unspecified atom stereocenters. The molecule has 0 fully saturated rings. The molecule has 0 saturated heterocycles. The van der Waals surface area contributed by atoms with Gasteiger partial charge in [0.25, 0.3) is 0 Å². The summed E-state index contributed by atoms with van der Waals surface area (Å²) in [5, 5.41) is 3.43. The van der Waals surface area contributed by atoms with E-state index < -0.39 is 0 Å². The lowest BCUT2D eigenvalue weighted by Gasteiger charge is -2.13. The molecule has 0 spiro atoms. The first kappa shape index (κ1) is 13.8. The molecule has 3 nitrogen and oxygen atoms in total. The van der Waals surface area contributed by atoms with Crippen LogP contribution in [-0.2, 0) is 0 Å². The van der Waals surface area contributed by atoms with E-state index in [1.54, 1.807) is 7.11 Å². The highest BCUT2D eigenvalue weighted by Crippen LogP contribution is 2.16. The minimum absolute atomic E-state index is 0.569. The number of methoxy groups -OCH3 is 1. The van der Waals surface area contributed by atoms with E-state index in [0.717, 1.165) is 18.0 Å². The van der Waals surface area contributed by atoms with E-state index >= 15 is 0 Å². The molecule has 1 atom stereocenters. The molecule has 1 aromatic rings. The number of ether oxygens (including phenoxy) is 2. The quantitative estimate of drug-likeness (QED) is 0.705. The van der Waals surface area contributed by atoms with Gasteiger partial charge in [-0.05, 0) is 37.6 Å². The fraction of sp³-hybridized carbons (Fsp3) is 0.571. The van der Waals surface area contributed by atoms with Crippen LogP contribution in [0.1, 0.15) is 26.7 Å². The second-order valence-corrected chi connectivity index (χ2v) is 4.17. The van der Waals surface area contributed by atoms with Gasteiger partial charge >= 0.3 is 0 Å². The maximum Gasteiger partial charge on any atom is 0.119 e. The van der Waals surface area contributed by atoms with Crippen LogP contribution in [0.5, 0.6) is 11.5 Å². The van der Waals surface area contributed by atoms with Crippen LogP contribution in [0.4, 0.5) is 0 Å². The van der Waals surface area contributed by atoms with Gasteiger partial charge in [0.2, 0.25) is 0 Å². The predicted molar refractivity (Wildman–Crippen MR) is 70.9 cm³/mol. The third-order valence-electron chi connectivity index (χ3n) is 2.64. The fourth-order valence-electron chi connectivity index (χ4n) is 1.68. The van der Waals surface area contributed by atoms with Crippen molar-refractivity contribution in [3.8, 4) is 11.5 Å². The van der Waals surface area contributed by atoms with Gasteiger partial charge in [0.05, 0.1) is 7.11 Å². The molecule has 0 aliphatic carbocycles. The standard InChI is InChI=1S/C14H23NO2/c1-4-5-12(2)15-10-11-17-14-8-6-13(16-3)7-9-14/h6-9,12,15H,4-5,10-11H2,1-3H3. The second kappa shape index (κ2) is 7.96. The highest BCUT2D eigenvalue weighted by molar-refractivity contribution is 5.31. The highest BCUT2D eigenvalue weighted by atomic mass is 16.5. The van der Waals surface area contributed by atoms with Crippen LogP contribution in [0.3, 0.4) is 0 Å². The third-order valence-corrected chi connectivity index (χ3v) is 2.64. The summed E-state index contributed by atoms with van der Waals surface area (Å²) in [6, 6.07) is 8.23. The van der Waals surface area contributed by atoms with Gasteiger partial charge in [0, 0.05) is 12.6 Å². The van der Waals surface area contributed by atoms with Crippen LogP contribution in [0.2, 0.25) is 0 Å². The summed E-state index contributed by atoms with van der Waals surface area (Å²) in [6.45, 7) is 5.98. The molecular formula is C14H23NO2. The van der Waals surface area contributed by atoms with Gasteiger partial charge < -0.3 is 14.8 Å². The van der Waals surface area contributed by atoms with Crippen molar-refractivity contribution in [2.45, 2.75) is 32.7 Å². The lowest BCUT2D eigenvalue weighted by atomic mass is 10.2. The number of rotatable bonds is 8. The van der Waals surface area contributed by atoms with E-state index in [1.807, 2.05) is 24.3 Å². The summed E-state index contributed by atoms with van der Waals surface area (Å²) in [6.07, 6.45) is 2.43. The highest BCUT2D eigenvalue weighted by Gasteiger charge is 1.99. The largest absolute Gasteiger partial charge is 0.497 e. The summed E-state index contributed by atoms with van der Waals surface area (Å²) < 4.78 is 10.7. The SMILES string of the molecule is CCCC(C)NCCOc1ccc(OC)cc1. The van der Waals surface area contributed by atoms with Crippen molar-refractivity contribution in [1.82, 2.24) is 5.32 Å². The molecule has 0 aromatic heterocycles. The van der Waals surface area contributed by atoms with E-state index in [4.69, 9.17) is 9.47 Å². The van der Waals surface area contributed by atoms with Gasteiger partial charge in [-0.1, -0.05) is 13.3 Å². The maximum absolute atomic E-state index is 5.62. The maximum atomic E-state index is 5.62. The Balaban J connectivity index is 2.17. The summed E-state index contributed by atoms with van der Waals surface area (Å²) >= 11 is 0. The van der Waals surface area contributed by atoms with Crippen molar-refractivity contribution >= 4 is 0 Å². The molecule has 1 rings (SSSR count). The zero-order valence-electron chi connectivity index (χ0n) is 11.0. The van der Waals surface area contributed by atoms with Gasteiger partial charge in [-0.3, -0.25) is 0 Å². The molecule has 3 heteroatoms. The van der Waals surface area contributed by atoms with Crippen molar-refractivity contribution in [3.63, 3.8) is 0 Å². The Morgan fingerprint density at radius 2 is 1.82 bits per heavy atom. The van der Waals surface area contributed by atoms with Gasteiger partial charge in [-0.15, -0.1) is 0 Å². The summed E-state index contributed by atoms with van der Waals surface area (Å²) in [4.78, 5) is 0. The van der Waals surface area contributed by atoms with E-state index in [9.17, 15) is 0 Å². The second-order valence-electron chi connectivity index (χ2n) is 4.17. The first-order chi connectivity index (χ1) is 8.26. The van der Waals surface area contributed by atoms with Crippen LogP contribution >= 0.6 is 0 Å². The number of nitrogens with one attached hydrogen (secondary N) is 1. The average Bonchev–Trinajstić information content (AvgIpc) is 2.36. The zero-order chi connectivity index (χ0) is 12.5. The topological polar surface area (TPSA) is 30.5 Å². The Labute approximate surface area is 104 Å². The first-order valence-electron chi connectivity index (χ1n) is 6.26. The molecule has 0 saturated carbocycles. The normalized spacial score (nSPS) is 12.2. The van der Waals surface area contributed by atoms with Crippen molar-refractivity contribution in [1.29, 1.82) is 0 Å². The molecule has 17 heavy (non-hydrogen) atoms. The zero-order valence-corrected chi connectivity index (χ0v) is 11.0. The van der Waals surface area contributed by atoms with Crippen LogP contribution in [0, 0.1) is 0 Å². The lowest BCUT2D eigenvalue weighted by Crippen LogP contribution is -2.29. The molecule has 0 radical (unpaired) electrons. The first-order valence-corrected chi connectivity index (χ1v) is 6.26. The molecule has 0 aliphatic rings. The summed E-state index contributed by atoms with van der Waals surface area (Å²) in [7, 11) is 1.66. The molecule has 0 aliphatic heterocycles. The lowest BCUT2D eigenvalue weighted by molar-refractivity contribution is 0.304. The molecule has 0 amide bonds. The monoisotopic (exact) mass is 237 g/mol. The summed E-state index contributed by atoms with van der Waals surface area (Å²) in [5.41, 5.74) is 0. The third kappa shape index (κ3) is 5.59. The van der Waals surface area contributed by atoms with Crippen LogP contribution in [-0.4, -0.2) is 26.3 Å². The van der Waals surface area contributed by atoms with Crippen LogP contribution in [0.25, 0.3) is 0 Å². The van der Waals surface area contributed by atoms with Crippen molar-refractivity contribution < 1.29 is 9.47 Å². The van der Waals surface area contributed by atoms with Crippen molar-refractivity contribution in [2.24, 2.45) is 0 Å². The Bertz CT molecular complexity index is 298. The minimum Gasteiger partial charge on any atom is -0.497 e. The number of hydrogen-bond acceptors (Lipinski definition) is 3. The number of hydrogen-bond donors (Lipinski definition) is 1. The fourth-order valence-corrected chi connectivity index (χ4v) is 1.68. The molecular weight excluding hydrogens is 214 g/mol. The van der Waals surface area contributed by atoms with Gasteiger partial charge in [-0.2, -0.15) is 0 Å². The number of benzene rings is 1. The molecule has 1 aromatic carbocycles. The average molecular weight is 237 g/mol. The molecule has 1 N–H and O–H groups in total. The van der Waals surface area contributed by atoms with E-state index in [2.05, 4.69) is 19.2 Å². The predicted octanol–water partition coefficient (Wildman–Crippen LogP) is 2.85. The van der Waals surface area contributed by atoms with E-state index in [-0.39, 0.29) is 0 Å². The Kier molecular flexibility index (Phi) is 6.48. The molecule has 0 heterocycles. The van der Waals surface area contributed by atoms with E-state index in [1.165, 1.54) is 12.8 Å². The van der Waals surface area contributed by atoms with E-state index in [0.29, 0.717) is 12.6 Å². The van der Waals surface area contributed by atoms with Crippen LogP contribution < -0.4 is 14.8 Å². The van der Waals surface area contributed by atoms with Gasteiger partial charge in [0.1, 0.15) is 18.1 Å². The Morgan fingerprint density at radius 3 is 2.41 bits per heavy atom. The molecule has 0 bridgehead atoms. The van der Waals surface area contributed by atoms with Gasteiger partial charge in [0.15, 0.2) is 0 Å². The Hall–Kier alpha value is -1.22. The van der Waals surface area contributed by atoms with Crippen LogP contribution in [0.15, 0.2) is 24.3 Å². The molecule has 96 valence electrons. The minimum atomic E-state index is 0.569. The van der Waals surface area contributed by atoms with Crippen molar-refractivity contribution in [3.05, 3.63) is 24.3 Å². The smallest absolute Gasteiger partial charge is 0.119 e. The van der Waals surface area contributed by atoms with Crippen molar-refractivity contribution in [2.75, 3.05) is 20.3 Å². The Morgan fingerprint density at radius 1 is 1.18 bits per heavy atom. The van der Waals surface area contributed by atoms with Gasteiger partial charge in [-0.25, -0.2) is 0 Å².